The van der Waals surface area contributed by atoms with Crippen LogP contribution in [-0.2, 0) is 10.9 Å². The molecule has 0 bridgehead atoms. The monoisotopic (exact) mass is 232 g/mol. The molecule has 0 saturated carbocycles. The van der Waals surface area contributed by atoms with E-state index in [1.807, 2.05) is 0 Å². The van der Waals surface area contributed by atoms with E-state index in [4.69, 9.17) is 4.74 Å². The Kier molecular flexibility index (Phi) is 3.57. The Morgan fingerprint density at radius 2 is 2.00 bits per heavy atom. The number of benzene rings is 1. The predicted molar refractivity (Wildman–Crippen MR) is 52.1 cm³/mol. The number of ether oxygens (including phenoxy) is 1. The van der Waals surface area contributed by atoms with E-state index in [0.717, 1.165) is 18.2 Å². The van der Waals surface area contributed by atoms with Crippen molar-refractivity contribution in [2.24, 2.45) is 0 Å². The summed E-state index contributed by atoms with van der Waals surface area (Å²) in [6.07, 6.45) is -4.39. The second kappa shape index (κ2) is 4.55. The summed E-state index contributed by atoms with van der Waals surface area (Å²) in [5.41, 5.74) is -0.346. The Labute approximate surface area is 91.0 Å². The Morgan fingerprint density at radius 3 is 2.44 bits per heavy atom. The fourth-order valence-corrected chi connectivity index (χ4v) is 1.28. The summed E-state index contributed by atoms with van der Waals surface area (Å²) < 4.78 is 41.7. The first-order valence-corrected chi connectivity index (χ1v) is 4.71. The molecule has 1 rings (SSSR count). The van der Waals surface area contributed by atoms with E-state index in [9.17, 15) is 18.0 Å². The molecule has 0 fully saturated rings. The summed E-state index contributed by atoms with van der Waals surface area (Å²) in [6, 6.07) is 2.95. The average molecular weight is 232 g/mol. The molecule has 0 N–H and O–H groups in total. The normalized spacial score (nSPS) is 11.3. The van der Waals surface area contributed by atoms with Crippen LogP contribution in [0.2, 0.25) is 0 Å². The van der Waals surface area contributed by atoms with Crippen molar-refractivity contribution < 1.29 is 22.7 Å². The highest BCUT2D eigenvalue weighted by molar-refractivity contribution is 5.91. The van der Waals surface area contributed by atoms with E-state index in [-0.39, 0.29) is 17.7 Å². The fraction of sp³-hybridized carbons (Fsp3) is 0.364. The highest BCUT2D eigenvalue weighted by Gasteiger charge is 2.31. The molecule has 0 aromatic heterocycles. The first-order chi connectivity index (χ1) is 7.36. The predicted octanol–water partition coefficient (Wildman–Crippen LogP) is 3.19. The van der Waals surface area contributed by atoms with Gasteiger partial charge in [0, 0.05) is 0 Å². The van der Waals surface area contributed by atoms with Gasteiger partial charge in [0.05, 0.1) is 17.7 Å². The quantitative estimate of drug-likeness (QED) is 0.732. The zero-order valence-corrected chi connectivity index (χ0v) is 8.89. The summed E-state index contributed by atoms with van der Waals surface area (Å²) in [5, 5.41) is 0. The maximum absolute atomic E-state index is 12.3. The molecule has 88 valence electrons. The number of rotatable bonds is 2. The lowest BCUT2D eigenvalue weighted by atomic mass is 10.1. The zero-order chi connectivity index (χ0) is 12.3. The van der Waals surface area contributed by atoms with Gasteiger partial charge in [-0.05, 0) is 37.6 Å². The van der Waals surface area contributed by atoms with Gasteiger partial charge in [-0.2, -0.15) is 13.2 Å². The van der Waals surface area contributed by atoms with Gasteiger partial charge in [0.2, 0.25) is 0 Å². The number of alkyl halides is 3. The molecule has 0 aliphatic heterocycles. The van der Waals surface area contributed by atoms with Gasteiger partial charge in [0.25, 0.3) is 0 Å². The minimum atomic E-state index is -4.39. The van der Waals surface area contributed by atoms with Crippen molar-refractivity contribution in [2.45, 2.75) is 20.0 Å². The van der Waals surface area contributed by atoms with Crippen LogP contribution in [0.1, 0.15) is 28.4 Å². The van der Waals surface area contributed by atoms with Crippen LogP contribution in [0.15, 0.2) is 18.2 Å². The van der Waals surface area contributed by atoms with Gasteiger partial charge in [-0.3, -0.25) is 0 Å². The Hall–Kier alpha value is -1.52. The number of halogens is 3. The third-order valence-corrected chi connectivity index (χ3v) is 2.05. The summed E-state index contributed by atoms with van der Waals surface area (Å²) in [7, 11) is 0. The van der Waals surface area contributed by atoms with E-state index in [1.165, 1.54) is 6.92 Å². The summed E-state index contributed by atoms with van der Waals surface area (Å²) in [4.78, 5) is 11.3. The number of carbonyl (C=O) groups excluding carboxylic acids is 1. The van der Waals surface area contributed by atoms with Crippen molar-refractivity contribution in [3.05, 3.63) is 34.9 Å². The summed E-state index contributed by atoms with van der Waals surface area (Å²) >= 11 is 0. The van der Waals surface area contributed by atoms with Crippen molar-refractivity contribution in [1.29, 1.82) is 0 Å². The van der Waals surface area contributed by atoms with E-state index < -0.39 is 17.7 Å². The van der Waals surface area contributed by atoms with Crippen LogP contribution in [0.5, 0.6) is 0 Å². The van der Waals surface area contributed by atoms with Crippen LogP contribution in [0.25, 0.3) is 0 Å². The summed E-state index contributed by atoms with van der Waals surface area (Å²) in [6.45, 7) is 3.28. The van der Waals surface area contributed by atoms with Crippen LogP contribution in [0, 0.1) is 6.92 Å². The van der Waals surface area contributed by atoms with Gasteiger partial charge in [-0.1, -0.05) is 0 Å². The van der Waals surface area contributed by atoms with Crippen LogP contribution in [0.4, 0.5) is 13.2 Å². The lowest BCUT2D eigenvalue weighted by Gasteiger charge is -2.10. The number of esters is 1. The Morgan fingerprint density at radius 1 is 1.38 bits per heavy atom. The highest BCUT2D eigenvalue weighted by atomic mass is 19.4. The highest BCUT2D eigenvalue weighted by Crippen LogP contribution is 2.30. The van der Waals surface area contributed by atoms with E-state index in [2.05, 4.69) is 0 Å². The fourth-order valence-electron chi connectivity index (χ4n) is 1.28. The standard InChI is InChI=1S/C11H11F3O2/c1-3-16-10(15)9-5-4-8(6-7(9)2)11(12,13)14/h4-6H,3H2,1-2H3. The molecule has 0 aliphatic rings. The molecule has 16 heavy (non-hydrogen) atoms. The summed E-state index contributed by atoms with van der Waals surface area (Å²) in [5.74, 6) is -0.603. The molecule has 0 saturated heterocycles. The van der Waals surface area contributed by atoms with Crippen molar-refractivity contribution in [3.8, 4) is 0 Å². The molecule has 2 nitrogen and oxygen atoms in total. The van der Waals surface area contributed by atoms with Gasteiger partial charge in [-0.25, -0.2) is 4.79 Å². The molecule has 0 spiro atoms. The maximum Gasteiger partial charge on any atom is 0.416 e. The molecule has 5 heteroatoms. The molecule has 0 atom stereocenters. The van der Waals surface area contributed by atoms with Crippen LogP contribution in [0.3, 0.4) is 0 Å². The van der Waals surface area contributed by atoms with Gasteiger partial charge in [0.1, 0.15) is 0 Å². The van der Waals surface area contributed by atoms with Crippen molar-refractivity contribution in [2.75, 3.05) is 6.61 Å². The van der Waals surface area contributed by atoms with E-state index in [0.29, 0.717) is 0 Å². The molecule has 0 unspecified atom stereocenters. The Balaban J connectivity index is 3.05. The average Bonchev–Trinajstić information content (AvgIpc) is 2.16. The number of aryl methyl sites for hydroxylation is 1. The van der Waals surface area contributed by atoms with Crippen LogP contribution in [-0.4, -0.2) is 12.6 Å². The van der Waals surface area contributed by atoms with Crippen molar-refractivity contribution in [3.63, 3.8) is 0 Å². The third kappa shape index (κ3) is 2.74. The van der Waals surface area contributed by atoms with Gasteiger partial charge < -0.3 is 4.74 Å². The first kappa shape index (κ1) is 12.5. The molecule has 1 aromatic rings. The third-order valence-electron chi connectivity index (χ3n) is 2.05. The molecule has 0 heterocycles. The lowest BCUT2D eigenvalue weighted by molar-refractivity contribution is -0.137. The molecule has 0 aliphatic carbocycles. The SMILES string of the molecule is CCOC(=O)c1ccc(C(F)(F)F)cc1C. The second-order valence-corrected chi connectivity index (χ2v) is 3.25. The van der Waals surface area contributed by atoms with Gasteiger partial charge in [0.15, 0.2) is 0 Å². The second-order valence-electron chi connectivity index (χ2n) is 3.25. The zero-order valence-electron chi connectivity index (χ0n) is 8.89. The molecular formula is C11H11F3O2. The first-order valence-electron chi connectivity index (χ1n) is 4.71. The molecule has 0 radical (unpaired) electrons. The largest absolute Gasteiger partial charge is 0.462 e. The van der Waals surface area contributed by atoms with Gasteiger partial charge in [-0.15, -0.1) is 0 Å². The molecule has 1 aromatic carbocycles. The van der Waals surface area contributed by atoms with E-state index >= 15 is 0 Å². The number of carbonyl (C=O) groups is 1. The lowest BCUT2D eigenvalue weighted by Crippen LogP contribution is -2.10. The van der Waals surface area contributed by atoms with Crippen molar-refractivity contribution >= 4 is 5.97 Å². The topological polar surface area (TPSA) is 26.3 Å². The van der Waals surface area contributed by atoms with Crippen molar-refractivity contribution in [1.82, 2.24) is 0 Å². The van der Waals surface area contributed by atoms with Crippen LogP contribution < -0.4 is 0 Å². The number of hydrogen-bond donors (Lipinski definition) is 0. The Bertz CT molecular complexity index is 397. The van der Waals surface area contributed by atoms with Crippen LogP contribution >= 0.6 is 0 Å². The van der Waals surface area contributed by atoms with E-state index in [1.54, 1.807) is 6.92 Å². The number of hydrogen-bond acceptors (Lipinski definition) is 2. The van der Waals surface area contributed by atoms with Gasteiger partial charge >= 0.3 is 12.1 Å². The maximum atomic E-state index is 12.3. The molecular weight excluding hydrogens is 221 g/mol. The minimum Gasteiger partial charge on any atom is -0.462 e. The molecule has 0 amide bonds. The minimum absolute atomic E-state index is 0.162. The smallest absolute Gasteiger partial charge is 0.416 e.